The van der Waals surface area contributed by atoms with Gasteiger partial charge in [0.05, 0.1) is 17.4 Å². The van der Waals surface area contributed by atoms with Gasteiger partial charge < -0.3 is 5.73 Å². The first-order valence-corrected chi connectivity index (χ1v) is 3.47. The second-order valence-corrected chi connectivity index (χ2v) is 2.63. The summed E-state index contributed by atoms with van der Waals surface area (Å²) in [7, 11) is 0. The quantitative estimate of drug-likeness (QED) is 0.554. The maximum absolute atomic E-state index is 5.70. The zero-order valence-corrected chi connectivity index (χ0v) is 6.26. The summed E-state index contributed by atoms with van der Waals surface area (Å²) in [5.41, 5.74) is 8.58. The van der Waals surface area contributed by atoms with Gasteiger partial charge in [-0.1, -0.05) is 6.07 Å². The fourth-order valence-electron chi connectivity index (χ4n) is 1.19. The van der Waals surface area contributed by atoms with Gasteiger partial charge in [-0.15, -0.1) is 0 Å². The zero-order chi connectivity index (χ0) is 7.84. The van der Waals surface area contributed by atoms with E-state index >= 15 is 0 Å². The van der Waals surface area contributed by atoms with Crippen molar-refractivity contribution in [2.75, 3.05) is 5.73 Å². The Kier molecular flexibility index (Phi) is 1.12. The standard InChI is InChI=1S/C8H9N3/c1-5-2-3-7(9)8-6(5)4-10-11-8/h2-4H,9H2,1H3,(H,10,11). The molecule has 1 aromatic heterocycles. The molecule has 0 unspecified atom stereocenters. The average molecular weight is 147 g/mol. The van der Waals surface area contributed by atoms with Gasteiger partial charge in [-0.25, -0.2) is 0 Å². The van der Waals surface area contributed by atoms with Crippen LogP contribution in [0.1, 0.15) is 5.56 Å². The van der Waals surface area contributed by atoms with Gasteiger partial charge >= 0.3 is 0 Å². The third-order valence-corrected chi connectivity index (χ3v) is 1.87. The van der Waals surface area contributed by atoms with Crippen LogP contribution in [0.2, 0.25) is 0 Å². The number of aromatic nitrogens is 2. The number of aromatic amines is 1. The number of benzene rings is 1. The molecule has 0 saturated heterocycles. The predicted octanol–water partition coefficient (Wildman–Crippen LogP) is 1.45. The van der Waals surface area contributed by atoms with Crippen LogP contribution in [-0.4, -0.2) is 10.2 Å². The number of nitrogen functional groups attached to an aromatic ring is 1. The minimum Gasteiger partial charge on any atom is -0.397 e. The van der Waals surface area contributed by atoms with Crippen molar-refractivity contribution in [2.45, 2.75) is 6.92 Å². The molecule has 3 nitrogen and oxygen atoms in total. The topological polar surface area (TPSA) is 54.7 Å². The van der Waals surface area contributed by atoms with Gasteiger partial charge in [0.1, 0.15) is 0 Å². The van der Waals surface area contributed by atoms with Gasteiger partial charge in [-0.2, -0.15) is 5.10 Å². The number of hydrogen-bond acceptors (Lipinski definition) is 2. The monoisotopic (exact) mass is 147 g/mol. The minimum absolute atomic E-state index is 0.753. The molecule has 3 N–H and O–H groups in total. The Hall–Kier alpha value is -1.51. The van der Waals surface area contributed by atoms with Crippen LogP contribution >= 0.6 is 0 Å². The lowest BCUT2D eigenvalue weighted by Crippen LogP contribution is -1.86. The van der Waals surface area contributed by atoms with E-state index in [0.717, 1.165) is 16.6 Å². The number of aryl methyl sites for hydroxylation is 1. The first-order chi connectivity index (χ1) is 5.29. The highest BCUT2D eigenvalue weighted by Gasteiger charge is 2.00. The molecule has 0 saturated carbocycles. The predicted molar refractivity (Wildman–Crippen MR) is 45.2 cm³/mol. The molecule has 0 aliphatic carbocycles. The van der Waals surface area contributed by atoms with E-state index in [0.29, 0.717) is 0 Å². The van der Waals surface area contributed by atoms with Crippen LogP contribution in [0.5, 0.6) is 0 Å². The molecule has 56 valence electrons. The van der Waals surface area contributed by atoms with E-state index in [4.69, 9.17) is 5.73 Å². The molecule has 0 bridgehead atoms. The lowest BCUT2D eigenvalue weighted by atomic mass is 10.1. The molecule has 2 rings (SSSR count). The van der Waals surface area contributed by atoms with Gasteiger partial charge in [-0.05, 0) is 18.6 Å². The van der Waals surface area contributed by atoms with Gasteiger partial charge in [0, 0.05) is 5.39 Å². The van der Waals surface area contributed by atoms with E-state index in [-0.39, 0.29) is 0 Å². The summed E-state index contributed by atoms with van der Waals surface area (Å²) >= 11 is 0. The van der Waals surface area contributed by atoms with Gasteiger partial charge in [0.15, 0.2) is 0 Å². The van der Waals surface area contributed by atoms with E-state index in [1.54, 1.807) is 6.20 Å². The minimum atomic E-state index is 0.753. The number of fused-ring (bicyclic) bond motifs is 1. The van der Waals surface area contributed by atoms with E-state index in [2.05, 4.69) is 10.2 Å². The lowest BCUT2D eigenvalue weighted by molar-refractivity contribution is 1.12. The van der Waals surface area contributed by atoms with Crippen molar-refractivity contribution in [3.8, 4) is 0 Å². The maximum atomic E-state index is 5.70. The molecule has 2 aromatic rings. The van der Waals surface area contributed by atoms with Crippen LogP contribution in [0.4, 0.5) is 5.69 Å². The van der Waals surface area contributed by atoms with Crippen molar-refractivity contribution >= 4 is 16.6 Å². The molecule has 0 spiro atoms. The molecule has 0 atom stereocenters. The van der Waals surface area contributed by atoms with Crippen LogP contribution in [-0.2, 0) is 0 Å². The Morgan fingerprint density at radius 1 is 1.45 bits per heavy atom. The molecule has 0 amide bonds. The van der Waals surface area contributed by atoms with Crippen molar-refractivity contribution in [1.29, 1.82) is 0 Å². The highest BCUT2D eigenvalue weighted by Crippen LogP contribution is 2.20. The summed E-state index contributed by atoms with van der Waals surface area (Å²) in [6, 6.07) is 3.88. The third kappa shape index (κ3) is 0.774. The van der Waals surface area contributed by atoms with Crippen molar-refractivity contribution in [1.82, 2.24) is 10.2 Å². The molecule has 0 radical (unpaired) electrons. The summed E-state index contributed by atoms with van der Waals surface area (Å²) in [5.74, 6) is 0. The number of nitrogens with one attached hydrogen (secondary N) is 1. The fraction of sp³-hybridized carbons (Fsp3) is 0.125. The van der Waals surface area contributed by atoms with E-state index < -0.39 is 0 Å². The second kappa shape index (κ2) is 1.99. The molecule has 11 heavy (non-hydrogen) atoms. The molecule has 0 fully saturated rings. The summed E-state index contributed by atoms with van der Waals surface area (Å²) in [5, 5.41) is 7.87. The van der Waals surface area contributed by atoms with Crippen LogP contribution in [0, 0.1) is 6.92 Å². The smallest absolute Gasteiger partial charge is 0.0882 e. The highest BCUT2D eigenvalue weighted by molar-refractivity contribution is 5.91. The molecule has 3 heteroatoms. The third-order valence-electron chi connectivity index (χ3n) is 1.87. The normalized spacial score (nSPS) is 10.6. The first kappa shape index (κ1) is 6.22. The molecular formula is C8H9N3. The van der Waals surface area contributed by atoms with Crippen LogP contribution in [0.3, 0.4) is 0 Å². The van der Waals surface area contributed by atoms with Gasteiger partial charge in [-0.3, -0.25) is 5.10 Å². The maximum Gasteiger partial charge on any atom is 0.0882 e. The average Bonchev–Trinajstić information content (AvgIpc) is 2.45. The number of nitrogens with zero attached hydrogens (tertiary/aromatic N) is 1. The van der Waals surface area contributed by atoms with Crippen molar-refractivity contribution < 1.29 is 0 Å². The van der Waals surface area contributed by atoms with Crippen molar-refractivity contribution in [2.24, 2.45) is 0 Å². The van der Waals surface area contributed by atoms with Gasteiger partial charge in [0.2, 0.25) is 0 Å². The number of anilines is 1. The highest BCUT2D eigenvalue weighted by atomic mass is 15.1. The molecule has 0 aliphatic rings. The Balaban J connectivity index is 2.96. The van der Waals surface area contributed by atoms with Crippen LogP contribution in [0.15, 0.2) is 18.3 Å². The summed E-state index contributed by atoms with van der Waals surface area (Å²) < 4.78 is 0. The molecule has 0 aliphatic heterocycles. The van der Waals surface area contributed by atoms with E-state index in [1.165, 1.54) is 5.56 Å². The van der Waals surface area contributed by atoms with E-state index in [1.807, 2.05) is 19.1 Å². The molecular weight excluding hydrogens is 138 g/mol. The Bertz CT molecular complexity index is 353. The fourth-order valence-corrected chi connectivity index (χ4v) is 1.19. The van der Waals surface area contributed by atoms with Gasteiger partial charge in [0.25, 0.3) is 0 Å². The van der Waals surface area contributed by atoms with E-state index in [9.17, 15) is 0 Å². The molecule has 1 aromatic carbocycles. The first-order valence-electron chi connectivity index (χ1n) is 3.47. The molecule has 1 heterocycles. The number of hydrogen-bond donors (Lipinski definition) is 2. The summed E-state index contributed by atoms with van der Waals surface area (Å²) in [6.45, 7) is 2.04. The Morgan fingerprint density at radius 3 is 3.00 bits per heavy atom. The number of rotatable bonds is 0. The zero-order valence-electron chi connectivity index (χ0n) is 6.26. The summed E-state index contributed by atoms with van der Waals surface area (Å²) in [6.07, 6.45) is 1.79. The number of nitrogens with two attached hydrogens (primary N) is 1. The Labute approximate surface area is 64.2 Å². The largest absolute Gasteiger partial charge is 0.397 e. The van der Waals surface area contributed by atoms with Crippen LogP contribution in [0.25, 0.3) is 10.9 Å². The van der Waals surface area contributed by atoms with Crippen LogP contribution < -0.4 is 5.73 Å². The SMILES string of the molecule is Cc1ccc(N)c2[nH]ncc12. The van der Waals surface area contributed by atoms with Crippen molar-refractivity contribution in [3.63, 3.8) is 0 Å². The summed E-state index contributed by atoms with van der Waals surface area (Å²) in [4.78, 5) is 0. The second-order valence-electron chi connectivity index (χ2n) is 2.63. The Morgan fingerprint density at radius 2 is 2.27 bits per heavy atom. The number of H-pyrrole nitrogens is 1. The van der Waals surface area contributed by atoms with Crippen molar-refractivity contribution in [3.05, 3.63) is 23.9 Å². The lowest BCUT2D eigenvalue weighted by Gasteiger charge is -1.96.